The molecule has 4 heteroatoms. The van der Waals surface area contributed by atoms with Gasteiger partial charge in [-0.25, -0.2) is 0 Å². The van der Waals surface area contributed by atoms with Crippen molar-refractivity contribution in [3.8, 4) is 24.3 Å². The fourth-order valence-electron chi connectivity index (χ4n) is 1.48. The average Bonchev–Trinajstić information content (AvgIpc) is 2.28. The molecule has 0 radical (unpaired) electrons. The smallest absolute Gasteiger partial charge is 0.179 e. The molecule has 1 rings (SSSR count). The largest absolute Gasteiger partial charge is 0.196 e. The fourth-order valence-corrected chi connectivity index (χ4v) is 1.48. The molecule has 0 aromatic rings. The zero-order chi connectivity index (χ0) is 10.7. The van der Waals surface area contributed by atoms with Gasteiger partial charge < -0.3 is 0 Å². The first-order valence-electron chi connectivity index (χ1n) is 4.00. The van der Waals surface area contributed by atoms with Crippen LogP contribution in [0.4, 0.5) is 0 Å². The lowest BCUT2D eigenvalue weighted by molar-refractivity contribution is 0.290. The molecular weight excluding hydrogens is 176 g/mol. The summed E-state index contributed by atoms with van der Waals surface area (Å²) in [5, 5.41) is 35.7. The Morgan fingerprint density at radius 3 is 1.21 bits per heavy atom. The molecule has 0 atom stereocenters. The van der Waals surface area contributed by atoms with Crippen molar-refractivity contribution in [2.75, 3.05) is 0 Å². The van der Waals surface area contributed by atoms with E-state index in [1.165, 1.54) is 0 Å². The molecule has 0 fully saturated rings. The molecule has 0 heterocycles. The van der Waals surface area contributed by atoms with Crippen molar-refractivity contribution < 1.29 is 0 Å². The average molecular weight is 182 g/mol. The van der Waals surface area contributed by atoms with E-state index in [2.05, 4.69) is 0 Å². The van der Waals surface area contributed by atoms with Crippen molar-refractivity contribution in [1.82, 2.24) is 0 Å². The lowest BCUT2D eigenvalue weighted by Crippen LogP contribution is -2.39. The van der Waals surface area contributed by atoms with Crippen LogP contribution in [-0.4, -0.2) is 0 Å². The van der Waals surface area contributed by atoms with Gasteiger partial charge in [0.1, 0.15) is 0 Å². The molecule has 0 amide bonds. The number of allylic oxidation sites excluding steroid dienone is 2. The quantitative estimate of drug-likeness (QED) is 0.529. The van der Waals surface area contributed by atoms with E-state index < -0.39 is 10.8 Å². The third kappa shape index (κ3) is 0.957. The second-order valence-corrected chi connectivity index (χ2v) is 3.14. The van der Waals surface area contributed by atoms with Gasteiger partial charge in [-0.3, -0.25) is 0 Å². The van der Waals surface area contributed by atoms with E-state index in [-0.39, 0.29) is 12.8 Å². The lowest BCUT2D eigenvalue weighted by atomic mass is 9.61. The van der Waals surface area contributed by atoms with Gasteiger partial charge in [-0.1, -0.05) is 12.2 Å². The minimum atomic E-state index is -1.52. The topological polar surface area (TPSA) is 95.2 Å². The summed E-state index contributed by atoms with van der Waals surface area (Å²) >= 11 is 0. The second-order valence-electron chi connectivity index (χ2n) is 3.14. The van der Waals surface area contributed by atoms with Crippen LogP contribution in [0.5, 0.6) is 0 Å². The minimum Gasteiger partial charge on any atom is -0.196 e. The van der Waals surface area contributed by atoms with Gasteiger partial charge in [0.05, 0.1) is 24.3 Å². The Bertz CT molecular complexity index is 363. The lowest BCUT2D eigenvalue weighted by Gasteiger charge is -2.31. The summed E-state index contributed by atoms with van der Waals surface area (Å²) < 4.78 is 0. The second kappa shape index (κ2) is 3.21. The molecule has 1 aliphatic carbocycles. The molecule has 1 aliphatic rings. The Labute approximate surface area is 81.9 Å². The number of hydrogen-bond acceptors (Lipinski definition) is 4. The molecule has 0 unspecified atom stereocenters. The van der Waals surface area contributed by atoms with Gasteiger partial charge in [0.15, 0.2) is 10.8 Å². The van der Waals surface area contributed by atoms with Crippen molar-refractivity contribution in [2.45, 2.75) is 12.8 Å². The highest BCUT2D eigenvalue weighted by atomic mass is 14.6. The summed E-state index contributed by atoms with van der Waals surface area (Å²) in [5.41, 5.74) is -3.05. The Morgan fingerprint density at radius 2 is 1.00 bits per heavy atom. The van der Waals surface area contributed by atoms with Crippen molar-refractivity contribution in [2.24, 2.45) is 10.8 Å². The molecule has 0 aliphatic heterocycles. The first-order chi connectivity index (χ1) is 6.70. The zero-order valence-electron chi connectivity index (χ0n) is 7.36. The first kappa shape index (κ1) is 9.79. The maximum Gasteiger partial charge on any atom is 0.179 e. The molecule has 0 N–H and O–H groups in total. The van der Waals surface area contributed by atoms with Gasteiger partial charge in [-0.05, 0) is 12.8 Å². The van der Waals surface area contributed by atoms with E-state index in [9.17, 15) is 0 Å². The molecule has 0 aromatic carbocycles. The van der Waals surface area contributed by atoms with Crippen LogP contribution >= 0.6 is 0 Å². The molecule has 4 nitrogen and oxygen atoms in total. The van der Waals surface area contributed by atoms with Gasteiger partial charge in [0.25, 0.3) is 0 Å². The maximum absolute atomic E-state index is 8.93. The minimum absolute atomic E-state index is 0.140. The zero-order valence-corrected chi connectivity index (χ0v) is 7.36. The van der Waals surface area contributed by atoms with Gasteiger partial charge in [0.2, 0.25) is 0 Å². The molecule has 66 valence electrons. The highest BCUT2D eigenvalue weighted by molar-refractivity contribution is 5.38. The van der Waals surface area contributed by atoms with Crippen molar-refractivity contribution in [3.63, 3.8) is 0 Å². The Kier molecular flexibility index (Phi) is 2.25. The van der Waals surface area contributed by atoms with Crippen molar-refractivity contribution >= 4 is 0 Å². The van der Waals surface area contributed by atoms with Crippen LogP contribution in [0.2, 0.25) is 0 Å². The van der Waals surface area contributed by atoms with Crippen molar-refractivity contribution in [3.05, 3.63) is 12.2 Å². The first-order valence-corrected chi connectivity index (χ1v) is 4.00. The molecule has 0 spiro atoms. The number of nitrogens with zero attached hydrogens (tertiary/aromatic N) is 4. The predicted molar refractivity (Wildman–Crippen MR) is 45.7 cm³/mol. The Hall–Kier alpha value is -2.30. The summed E-state index contributed by atoms with van der Waals surface area (Å²) in [5.74, 6) is 0. The van der Waals surface area contributed by atoms with Crippen LogP contribution < -0.4 is 0 Å². The standard InChI is InChI=1S/C10H6N4/c11-5-9(6-12)3-1-2-4-10(9,7-13)8-14/h1-2H,3-4H2. The van der Waals surface area contributed by atoms with Gasteiger partial charge in [-0.15, -0.1) is 0 Å². The van der Waals surface area contributed by atoms with Crippen LogP contribution in [0.25, 0.3) is 0 Å². The van der Waals surface area contributed by atoms with Gasteiger partial charge >= 0.3 is 0 Å². The summed E-state index contributed by atoms with van der Waals surface area (Å²) in [6.45, 7) is 0. The van der Waals surface area contributed by atoms with E-state index >= 15 is 0 Å². The third-order valence-corrected chi connectivity index (χ3v) is 2.51. The SMILES string of the molecule is N#CC1(C#N)CC=CCC1(C#N)C#N. The van der Waals surface area contributed by atoms with Crippen LogP contribution in [0.1, 0.15) is 12.8 Å². The van der Waals surface area contributed by atoms with Crippen LogP contribution in [0, 0.1) is 56.2 Å². The Balaban J connectivity index is 3.40. The highest BCUT2D eigenvalue weighted by Crippen LogP contribution is 2.46. The van der Waals surface area contributed by atoms with Crippen LogP contribution in [0.15, 0.2) is 12.2 Å². The monoisotopic (exact) mass is 182 g/mol. The van der Waals surface area contributed by atoms with E-state index in [0.717, 1.165) is 0 Å². The van der Waals surface area contributed by atoms with E-state index in [4.69, 9.17) is 21.0 Å². The summed E-state index contributed by atoms with van der Waals surface area (Å²) in [7, 11) is 0. The summed E-state index contributed by atoms with van der Waals surface area (Å²) in [6, 6.07) is 7.21. The molecule has 14 heavy (non-hydrogen) atoms. The number of nitriles is 4. The Morgan fingerprint density at radius 1 is 0.714 bits per heavy atom. The number of hydrogen-bond donors (Lipinski definition) is 0. The predicted octanol–water partition coefficient (Wildman–Crippen LogP) is 1.40. The van der Waals surface area contributed by atoms with Gasteiger partial charge in [0, 0.05) is 0 Å². The highest BCUT2D eigenvalue weighted by Gasteiger charge is 2.54. The molecule has 0 bridgehead atoms. The normalized spacial score (nSPS) is 20.9. The summed E-state index contributed by atoms with van der Waals surface area (Å²) in [4.78, 5) is 0. The third-order valence-electron chi connectivity index (χ3n) is 2.51. The maximum atomic E-state index is 8.93. The van der Waals surface area contributed by atoms with E-state index in [0.29, 0.717) is 0 Å². The molecule has 0 saturated heterocycles. The molecule has 0 aromatic heterocycles. The fraction of sp³-hybridized carbons (Fsp3) is 0.400. The van der Waals surface area contributed by atoms with E-state index in [1.807, 2.05) is 0 Å². The van der Waals surface area contributed by atoms with Crippen molar-refractivity contribution in [1.29, 1.82) is 21.0 Å². The van der Waals surface area contributed by atoms with Crippen LogP contribution in [0.3, 0.4) is 0 Å². The van der Waals surface area contributed by atoms with Gasteiger partial charge in [-0.2, -0.15) is 21.0 Å². The van der Waals surface area contributed by atoms with E-state index in [1.54, 1.807) is 36.4 Å². The molecular formula is C10H6N4. The summed E-state index contributed by atoms with van der Waals surface area (Å²) in [6.07, 6.45) is 3.61. The molecule has 0 saturated carbocycles. The number of rotatable bonds is 0. The van der Waals surface area contributed by atoms with Crippen LogP contribution in [-0.2, 0) is 0 Å².